The quantitative estimate of drug-likeness (QED) is 0.769. The molecule has 2 aromatic rings. The molecule has 5 heteroatoms. The largest absolute Gasteiger partial charge is 0.466 e. The molecule has 0 bridgehead atoms. The average molecular weight is 421 g/mol. The predicted octanol–water partition coefficient (Wildman–Crippen LogP) is 3.40. The molecule has 5 rings (SSSR count). The molecule has 2 fully saturated rings. The summed E-state index contributed by atoms with van der Waals surface area (Å²) in [6.45, 7) is 5.61. The van der Waals surface area contributed by atoms with Gasteiger partial charge < -0.3 is 19.6 Å². The first kappa shape index (κ1) is 20.5. The van der Waals surface area contributed by atoms with E-state index >= 15 is 0 Å². The molecule has 0 unspecified atom stereocenters. The van der Waals surface area contributed by atoms with Gasteiger partial charge in [0.25, 0.3) is 0 Å². The number of likely N-dealkylation sites (tertiary alicyclic amines) is 1. The van der Waals surface area contributed by atoms with Gasteiger partial charge in [0.15, 0.2) is 0 Å². The number of aliphatic hydroxyl groups is 1. The van der Waals surface area contributed by atoms with Crippen LogP contribution >= 0.6 is 0 Å². The number of carbonyl (C=O) groups is 1. The highest BCUT2D eigenvalue weighted by Crippen LogP contribution is 2.46. The Labute approximate surface area is 184 Å². The van der Waals surface area contributed by atoms with E-state index in [1.807, 2.05) is 6.92 Å². The maximum atomic E-state index is 12.1. The van der Waals surface area contributed by atoms with Crippen LogP contribution in [0.5, 0.6) is 0 Å². The highest BCUT2D eigenvalue weighted by molar-refractivity contribution is 5.72. The van der Waals surface area contributed by atoms with Gasteiger partial charge in [0.2, 0.25) is 0 Å². The van der Waals surface area contributed by atoms with E-state index in [4.69, 9.17) is 4.74 Å². The number of piperidine rings is 1. The van der Waals surface area contributed by atoms with Crippen LogP contribution in [0.4, 0.5) is 5.69 Å². The van der Waals surface area contributed by atoms with Gasteiger partial charge in [0, 0.05) is 24.7 Å². The van der Waals surface area contributed by atoms with Crippen molar-refractivity contribution in [2.24, 2.45) is 11.8 Å². The average Bonchev–Trinajstić information content (AvgIpc) is 3.03. The molecule has 0 aliphatic carbocycles. The van der Waals surface area contributed by atoms with Gasteiger partial charge in [0.05, 0.1) is 24.7 Å². The number of hydrogen-bond acceptors (Lipinski definition) is 5. The molecule has 3 atom stereocenters. The van der Waals surface area contributed by atoms with Crippen molar-refractivity contribution >= 4 is 11.7 Å². The van der Waals surface area contributed by atoms with Crippen molar-refractivity contribution in [3.05, 3.63) is 65.2 Å². The van der Waals surface area contributed by atoms with E-state index in [9.17, 15) is 9.90 Å². The van der Waals surface area contributed by atoms with Crippen molar-refractivity contribution in [2.75, 3.05) is 37.7 Å². The van der Waals surface area contributed by atoms with E-state index in [2.05, 4.69) is 58.3 Å². The van der Waals surface area contributed by atoms with Gasteiger partial charge in [-0.05, 0) is 62.0 Å². The molecule has 3 aliphatic heterocycles. The van der Waals surface area contributed by atoms with E-state index in [0.29, 0.717) is 13.2 Å². The second-order valence-electron chi connectivity index (χ2n) is 9.16. The maximum absolute atomic E-state index is 12.1. The lowest BCUT2D eigenvalue weighted by molar-refractivity contribution is -0.149. The molecule has 0 amide bonds. The molecule has 3 heterocycles. The summed E-state index contributed by atoms with van der Waals surface area (Å²) < 4.78 is 5.22. The summed E-state index contributed by atoms with van der Waals surface area (Å²) in [5.41, 5.74) is 5.30. The lowest BCUT2D eigenvalue weighted by atomic mass is 9.87. The number of nitrogens with zero attached hydrogens (tertiary/aromatic N) is 2. The fourth-order valence-electron chi connectivity index (χ4n) is 5.80. The van der Waals surface area contributed by atoms with Gasteiger partial charge >= 0.3 is 5.97 Å². The summed E-state index contributed by atoms with van der Waals surface area (Å²) in [7, 11) is 0. The molecule has 1 N–H and O–H groups in total. The zero-order chi connectivity index (χ0) is 21.4. The van der Waals surface area contributed by atoms with E-state index in [-0.39, 0.29) is 30.0 Å². The molecule has 31 heavy (non-hydrogen) atoms. The van der Waals surface area contributed by atoms with Crippen LogP contribution in [0.3, 0.4) is 0 Å². The van der Waals surface area contributed by atoms with Gasteiger partial charge in [-0.2, -0.15) is 0 Å². The lowest BCUT2D eigenvalue weighted by Crippen LogP contribution is -2.42. The summed E-state index contributed by atoms with van der Waals surface area (Å²) in [5.74, 6) is 0.113. The number of esters is 1. The van der Waals surface area contributed by atoms with E-state index in [1.54, 1.807) is 0 Å². The minimum absolute atomic E-state index is 0.0201. The SMILES string of the molecule is CCOC(=O)C1CCN(C[C@@H]2[C@@H](O)CN3c4ccccc4Cc4ccccc4[C@@H]23)CC1. The minimum atomic E-state index is -0.369. The highest BCUT2D eigenvalue weighted by atomic mass is 16.5. The van der Waals surface area contributed by atoms with E-state index in [1.165, 1.54) is 22.4 Å². The van der Waals surface area contributed by atoms with Gasteiger partial charge in [0.1, 0.15) is 0 Å². The van der Waals surface area contributed by atoms with Gasteiger partial charge in [-0.25, -0.2) is 0 Å². The Kier molecular flexibility index (Phi) is 5.72. The lowest BCUT2D eigenvalue weighted by Gasteiger charge is -2.36. The molecule has 2 aromatic carbocycles. The molecule has 3 aliphatic rings. The van der Waals surface area contributed by atoms with Crippen LogP contribution in [0.1, 0.15) is 42.5 Å². The van der Waals surface area contributed by atoms with E-state index in [0.717, 1.165) is 38.9 Å². The number of anilines is 1. The van der Waals surface area contributed by atoms with Crippen LogP contribution in [-0.4, -0.2) is 54.9 Å². The molecule has 0 saturated carbocycles. The van der Waals surface area contributed by atoms with Crippen LogP contribution in [-0.2, 0) is 16.0 Å². The van der Waals surface area contributed by atoms with Crippen LogP contribution in [0.25, 0.3) is 0 Å². The van der Waals surface area contributed by atoms with Gasteiger partial charge in [-0.1, -0.05) is 42.5 Å². The number of rotatable bonds is 4. The zero-order valence-corrected chi connectivity index (χ0v) is 18.2. The van der Waals surface area contributed by atoms with Crippen molar-refractivity contribution in [3.63, 3.8) is 0 Å². The number of aliphatic hydroxyl groups excluding tert-OH is 1. The number of benzene rings is 2. The molecule has 0 radical (unpaired) electrons. The summed E-state index contributed by atoms with van der Waals surface area (Å²) in [6, 6.07) is 17.5. The van der Waals surface area contributed by atoms with Crippen molar-refractivity contribution in [2.45, 2.75) is 38.3 Å². The van der Waals surface area contributed by atoms with Crippen LogP contribution in [0.2, 0.25) is 0 Å². The van der Waals surface area contributed by atoms with Crippen LogP contribution in [0, 0.1) is 11.8 Å². The zero-order valence-electron chi connectivity index (χ0n) is 18.2. The molecule has 0 aromatic heterocycles. The smallest absolute Gasteiger partial charge is 0.309 e. The fraction of sp³-hybridized carbons (Fsp3) is 0.500. The van der Waals surface area contributed by atoms with Crippen LogP contribution < -0.4 is 4.90 Å². The van der Waals surface area contributed by atoms with Crippen molar-refractivity contribution < 1.29 is 14.6 Å². The second kappa shape index (κ2) is 8.64. The number of hydrogen-bond donors (Lipinski definition) is 1. The Morgan fingerprint density at radius 1 is 1.06 bits per heavy atom. The topological polar surface area (TPSA) is 53.0 Å². The Morgan fingerprint density at radius 3 is 2.55 bits per heavy atom. The normalized spacial score (nSPS) is 26.0. The van der Waals surface area contributed by atoms with Crippen molar-refractivity contribution in [1.82, 2.24) is 4.90 Å². The van der Waals surface area contributed by atoms with Crippen LogP contribution in [0.15, 0.2) is 48.5 Å². The van der Waals surface area contributed by atoms with Gasteiger partial charge in [-0.15, -0.1) is 0 Å². The maximum Gasteiger partial charge on any atom is 0.309 e. The minimum Gasteiger partial charge on any atom is -0.466 e. The molecule has 5 nitrogen and oxygen atoms in total. The number of fused-ring (bicyclic) bond motifs is 5. The number of para-hydroxylation sites is 1. The predicted molar refractivity (Wildman–Crippen MR) is 121 cm³/mol. The van der Waals surface area contributed by atoms with Crippen molar-refractivity contribution in [1.29, 1.82) is 0 Å². The van der Waals surface area contributed by atoms with E-state index < -0.39 is 0 Å². The highest BCUT2D eigenvalue weighted by Gasteiger charge is 2.45. The number of ether oxygens (including phenoxy) is 1. The third-order valence-corrected chi connectivity index (χ3v) is 7.35. The number of carbonyl (C=O) groups excluding carboxylic acids is 1. The Morgan fingerprint density at radius 2 is 1.77 bits per heavy atom. The first-order valence-electron chi connectivity index (χ1n) is 11.6. The molecule has 2 saturated heterocycles. The third-order valence-electron chi connectivity index (χ3n) is 7.35. The fourth-order valence-corrected chi connectivity index (χ4v) is 5.80. The second-order valence-corrected chi connectivity index (χ2v) is 9.16. The Hall–Kier alpha value is -2.37. The first-order valence-corrected chi connectivity index (χ1v) is 11.6. The van der Waals surface area contributed by atoms with Crippen molar-refractivity contribution in [3.8, 4) is 0 Å². The summed E-state index contributed by atoms with van der Waals surface area (Å²) >= 11 is 0. The summed E-state index contributed by atoms with van der Waals surface area (Å²) in [5, 5.41) is 11.2. The monoisotopic (exact) mass is 420 g/mol. The summed E-state index contributed by atoms with van der Waals surface area (Å²) in [6.07, 6.45) is 2.25. The Bertz CT molecular complexity index is 938. The van der Waals surface area contributed by atoms with Gasteiger partial charge in [-0.3, -0.25) is 4.79 Å². The molecular weight excluding hydrogens is 388 g/mol. The molecular formula is C26H32N2O3. The standard InChI is InChI=1S/C26H32N2O3/c1-2-31-26(30)18-11-13-27(14-12-18)16-22-24(29)17-28-23-10-6-4-8-20(23)15-19-7-3-5-9-21(19)25(22)28/h3-10,18,22,24-25,29H,2,11-17H2,1H3/t22-,24+,25+/m1/s1. The third kappa shape index (κ3) is 3.85. The molecule has 0 spiro atoms. The summed E-state index contributed by atoms with van der Waals surface area (Å²) in [4.78, 5) is 17.0. The first-order chi connectivity index (χ1) is 15.2. The molecule has 164 valence electrons. The Balaban J connectivity index is 1.38.